The monoisotopic (exact) mass is 576 g/mol. The molecule has 3 aromatic carbocycles. The van der Waals surface area contributed by atoms with Gasteiger partial charge in [-0.1, -0.05) is 73.9 Å². The average Bonchev–Trinajstić information content (AvgIpc) is 3.30. The van der Waals surface area contributed by atoms with Gasteiger partial charge in [0.1, 0.15) is 0 Å². The Morgan fingerprint density at radius 3 is 1.47 bits per heavy atom. The van der Waals surface area contributed by atoms with Crippen LogP contribution in [0, 0.1) is 6.08 Å². The number of halogens is 2. The molecule has 0 amide bonds. The Kier molecular flexibility index (Phi) is 13.3. The summed E-state index contributed by atoms with van der Waals surface area (Å²) in [5, 5.41) is 8.79. The Morgan fingerprint density at radius 1 is 0.812 bits per heavy atom. The minimum absolute atomic E-state index is 0. The molecule has 1 aliphatic rings. The van der Waals surface area contributed by atoms with Crippen LogP contribution in [0.5, 0.6) is 0 Å². The first-order valence-electron chi connectivity index (χ1n) is 10.8. The molecule has 0 unspecified atom stereocenters. The average molecular weight is 579 g/mol. The maximum Gasteiger partial charge on any atom is 0.0759 e. The van der Waals surface area contributed by atoms with E-state index in [2.05, 4.69) is 108 Å². The van der Waals surface area contributed by atoms with Crippen LogP contribution in [-0.2, 0) is 24.2 Å². The quantitative estimate of drug-likeness (QED) is 0.313. The fourth-order valence-electron chi connectivity index (χ4n) is 3.27. The molecule has 0 N–H and O–H groups in total. The summed E-state index contributed by atoms with van der Waals surface area (Å²) in [5.74, 6) is 0. The fourth-order valence-corrected chi connectivity index (χ4v) is 5.59. The van der Waals surface area contributed by atoms with Crippen LogP contribution in [0.25, 0.3) is 21.5 Å². The van der Waals surface area contributed by atoms with Crippen molar-refractivity contribution in [1.82, 2.24) is 0 Å². The number of hydrogen-bond donors (Lipinski definition) is 0. The van der Waals surface area contributed by atoms with Gasteiger partial charge in [-0.15, -0.1) is 46.2 Å². The molecule has 4 rings (SSSR count). The van der Waals surface area contributed by atoms with Crippen LogP contribution in [0.15, 0.2) is 60.7 Å². The van der Waals surface area contributed by atoms with Crippen molar-refractivity contribution in [3.63, 3.8) is 0 Å². The van der Waals surface area contributed by atoms with Crippen molar-refractivity contribution in [2.24, 2.45) is 0 Å². The molecule has 5 heteroatoms. The third kappa shape index (κ3) is 9.43. The summed E-state index contributed by atoms with van der Waals surface area (Å²) in [6.45, 7) is 18.8. The molecule has 3 aromatic rings. The Balaban J connectivity index is 0.000000739. The van der Waals surface area contributed by atoms with E-state index < -0.39 is 16.1 Å². The van der Waals surface area contributed by atoms with Crippen LogP contribution < -0.4 is 35.2 Å². The molecule has 1 aliphatic carbocycles. The molecular weight excluding hydrogens is 543 g/mol. The Bertz CT molecular complexity index is 998. The predicted molar refractivity (Wildman–Crippen MR) is 141 cm³/mol. The fraction of sp³-hybridized carbons (Fsp3) is 0.333. The predicted octanol–water partition coefficient (Wildman–Crippen LogP) is 0.861. The van der Waals surface area contributed by atoms with Crippen LogP contribution in [0.3, 0.4) is 0 Å². The topological polar surface area (TPSA) is 0 Å². The van der Waals surface area contributed by atoms with Gasteiger partial charge in [-0.3, -0.25) is 6.08 Å². The second-order valence-electron chi connectivity index (χ2n) is 10.3. The molecule has 0 aliphatic heterocycles. The number of benzene rings is 2. The van der Waals surface area contributed by atoms with Gasteiger partial charge in [0.2, 0.25) is 0 Å². The summed E-state index contributed by atoms with van der Waals surface area (Å²) in [6.07, 6.45) is 10.0. The number of rotatable bonds is 2. The number of hydrogen-bond acceptors (Lipinski definition) is 0. The van der Waals surface area contributed by atoms with E-state index in [1.807, 2.05) is 12.2 Å². The third-order valence-electron chi connectivity index (χ3n) is 5.03. The van der Waals surface area contributed by atoms with Gasteiger partial charge in [-0.25, -0.2) is 12.2 Å². The molecule has 0 bridgehead atoms. The van der Waals surface area contributed by atoms with Crippen molar-refractivity contribution in [1.29, 1.82) is 0 Å². The molecule has 0 spiro atoms. The maximum atomic E-state index is 2.99. The molecule has 0 heterocycles. The summed E-state index contributed by atoms with van der Waals surface area (Å²) in [7, 11) is -2.51. The van der Waals surface area contributed by atoms with Crippen molar-refractivity contribution < 1.29 is 49.0 Å². The van der Waals surface area contributed by atoms with Gasteiger partial charge in [-0.2, -0.15) is 6.08 Å². The third-order valence-corrected chi connectivity index (χ3v) is 9.11. The zero-order valence-corrected chi connectivity index (χ0v) is 26.7. The molecule has 0 fully saturated rings. The van der Waals surface area contributed by atoms with Gasteiger partial charge >= 0.3 is 41.3 Å². The van der Waals surface area contributed by atoms with Crippen LogP contribution in [0.4, 0.5) is 0 Å². The van der Waals surface area contributed by atoms with Gasteiger partial charge in [0.05, 0.1) is 16.1 Å². The minimum atomic E-state index is -1.25. The van der Waals surface area contributed by atoms with Gasteiger partial charge in [0, 0.05) is 0 Å². The number of allylic oxidation sites excluding steroid dienone is 4. The summed E-state index contributed by atoms with van der Waals surface area (Å²) < 4.78 is 1.51. The van der Waals surface area contributed by atoms with Crippen LogP contribution in [0.2, 0.25) is 39.3 Å². The van der Waals surface area contributed by atoms with Crippen molar-refractivity contribution in [2.45, 2.75) is 59.6 Å². The van der Waals surface area contributed by atoms with Crippen LogP contribution in [-0.4, -0.2) is 19.4 Å². The second kappa shape index (κ2) is 13.4. The SMILES string of the molecule is C[C](C)=[Zr+2].C[Si](C)(C)c1ccc2[cH-]c3ccc([Si](C)(C)C)cc3c2c1.[C-]1=CC=CC1.[Cl-].[Cl-]. The van der Waals surface area contributed by atoms with Crippen molar-refractivity contribution in [3.05, 3.63) is 66.8 Å². The van der Waals surface area contributed by atoms with Crippen molar-refractivity contribution in [2.75, 3.05) is 0 Å². The van der Waals surface area contributed by atoms with Gasteiger partial charge in [0.15, 0.2) is 0 Å². The molecular formula is C27H36Cl2Si2Zr-2. The van der Waals surface area contributed by atoms with E-state index >= 15 is 0 Å². The minimum Gasteiger partial charge on any atom is -1.00 e. The van der Waals surface area contributed by atoms with Gasteiger partial charge in [0.25, 0.3) is 0 Å². The van der Waals surface area contributed by atoms with E-state index in [-0.39, 0.29) is 24.8 Å². The summed E-state index contributed by atoms with van der Waals surface area (Å²) >= 11 is 1.55. The molecule has 0 atom stereocenters. The molecule has 0 radical (unpaired) electrons. The number of fused-ring (bicyclic) bond motifs is 3. The van der Waals surface area contributed by atoms with Crippen molar-refractivity contribution in [3.8, 4) is 0 Å². The van der Waals surface area contributed by atoms with E-state index in [9.17, 15) is 0 Å². The van der Waals surface area contributed by atoms with E-state index in [1.54, 1.807) is 34.6 Å². The van der Waals surface area contributed by atoms with Gasteiger partial charge < -0.3 is 24.8 Å². The smallest absolute Gasteiger partial charge is 0.0759 e. The van der Waals surface area contributed by atoms with Gasteiger partial charge in [-0.05, 0) is 0 Å². The zero-order valence-electron chi connectivity index (χ0n) is 20.7. The molecule has 32 heavy (non-hydrogen) atoms. The zero-order chi connectivity index (χ0) is 22.5. The molecule has 0 saturated carbocycles. The summed E-state index contributed by atoms with van der Waals surface area (Å²) in [5.41, 5.74) is 0. The summed E-state index contributed by atoms with van der Waals surface area (Å²) in [6, 6.07) is 16.6. The molecule has 0 nitrogen and oxygen atoms in total. The van der Waals surface area contributed by atoms with Crippen LogP contribution >= 0.6 is 0 Å². The summed E-state index contributed by atoms with van der Waals surface area (Å²) in [4.78, 5) is 0. The Labute approximate surface area is 225 Å². The second-order valence-corrected chi connectivity index (χ2v) is 22.9. The first kappa shape index (κ1) is 31.6. The molecule has 0 saturated heterocycles. The largest absolute Gasteiger partial charge is 1.00 e. The molecule has 172 valence electrons. The Morgan fingerprint density at radius 2 is 1.22 bits per heavy atom. The first-order chi connectivity index (χ1) is 13.9. The van der Waals surface area contributed by atoms with E-state index in [1.165, 1.54) is 24.8 Å². The maximum absolute atomic E-state index is 2.99. The first-order valence-corrected chi connectivity index (χ1v) is 19.0. The van der Waals surface area contributed by atoms with Crippen molar-refractivity contribution >= 4 is 51.3 Å². The van der Waals surface area contributed by atoms with E-state index in [4.69, 9.17) is 0 Å². The van der Waals surface area contributed by atoms with E-state index in [0.29, 0.717) is 0 Å². The van der Waals surface area contributed by atoms with Crippen LogP contribution in [0.1, 0.15) is 20.3 Å². The molecule has 0 aromatic heterocycles. The standard InChI is InChI=1S/C19H25Si2.C5H5.C3H6.2ClH.Zr/c1-20(2,3)16-9-7-14-11-15-8-10-17(21(4,5)6)13-19(15)18(14)12-16;1-2-4-5-3-1;1-3-2;;;/h7-13H,1-6H3;1-3H,4H2;1-2H3;2*1H;/q2*-1;;;;+2/p-2. The van der Waals surface area contributed by atoms with E-state index in [0.717, 1.165) is 6.42 Å². The Hall–Kier alpha value is -0.443. The normalized spacial score (nSPS) is 12.3.